The number of nitrogens with one attached hydrogen (secondary N) is 1. The van der Waals surface area contributed by atoms with Crippen molar-refractivity contribution in [1.82, 2.24) is 19.9 Å². The maximum Gasteiger partial charge on any atom is 0.339 e. The van der Waals surface area contributed by atoms with Crippen molar-refractivity contribution < 1.29 is 14.6 Å². The van der Waals surface area contributed by atoms with E-state index in [-0.39, 0.29) is 5.56 Å². The van der Waals surface area contributed by atoms with Gasteiger partial charge in [-0.25, -0.2) is 14.8 Å². The molecule has 0 amide bonds. The number of aromatic carboxylic acids is 1. The van der Waals surface area contributed by atoms with E-state index in [1.165, 1.54) is 0 Å². The molecule has 0 spiro atoms. The fourth-order valence-electron chi connectivity index (χ4n) is 2.42. The van der Waals surface area contributed by atoms with Crippen LogP contribution in [0.5, 0.6) is 5.75 Å². The van der Waals surface area contributed by atoms with Crippen LogP contribution < -0.4 is 10.1 Å². The van der Waals surface area contributed by atoms with E-state index in [9.17, 15) is 9.90 Å². The van der Waals surface area contributed by atoms with Crippen molar-refractivity contribution in [2.24, 2.45) is 0 Å². The van der Waals surface area contributed by atoms with E-state index < -0.39 is 5.97 Å². The van der Waals surface area contributed by atoms with E-state index in [0.29, 0.717) is 36.1 Å². The number of nitrogens with zero attached hydrogens (tertiary/aromatic N) is 4. The van der Waals surface area contributed by atoms with Crippen molar-refractivity contribution in [3.05, 3.63) is 59.8 Å². The molecule has 8 heteroatoms. The maximum absolute atomic E-state index is 11.5. The molecule has 0 unspecified atom stereocenters. The van der Waals surface area contributed by atoms with Gasteiger partial charge < -0.3 is 15.2 Å². The molecule has 0 radical (unpaired) electrons. The molecule has 0 aliphatic carbocycles. The van der Waals surface area contributed by atoms with Gasteiger partial charge >= 0.3 is 5.97 Å². The van der Waals surface area contributed by atoms with Crippen LogP contribution in [-0.2, 0) is 6.54 Å². The lowest BCUT2D eigenvalue weighted by molar-refractivity contribution is 0.0692. The van der Waals surface area contributed by atoms with Crippen LogP contribution in [-0.4, -0.2) is 37.6 Å². The zero-order chi connectivity index (χ0) is 19.2. The van der Waals surface area contributed by atoms with E-state index in [4.69, 9.17) is 4.74 Å². The van der Waals surface area contributed by atoms with Crippen molar-refractivity contribution in [2.45, 2.75) is 20.4 Å². The van der Waals surface area contributed by atoms with Gasteiger partial charge in [0.15, 0.2) is 0 Å². The number of benzene rings is 1. The molecule has 2 heterocycles. The van der Waals surface area contributed by atoms with Gasteiger partial charge in [-0.3, -0.25) is 9.97 Å². The Kier molecular flexibility index (Phi) is 5.55. The second-order valence-electron chi connectivity index (χ2n) is 5.72. The SMILES string of the molecule is CCOc1ccc(-c2ccnc(NCc3cnc(C)cn3)n2)cc1C(=O)O. The largest absolute Gasteiger partial charge is 0.493 e. The quantitative estimate of drug-likeness (QED) is 0.657. The summed E-state index contributed by atoms with van der Waals surface area (Å²) in [5.41, 5.74) is 2.98. The van der Waals surface area contributed by atoms with Gasteiger partial charge in [-0.1, -0.05) is 0 Å². The molecule has 3 aromatic rings. The van der Waals surface area contributed by atoms with Crippen LogP contribution >= 0.6 is 0 Å². The highest BCUT2D eigenvalue weighted by atomic mass is 16.5. The Bertz CT molecular complexity index is 944. The standard InChI is InChI=1S/C19H19N5O3/c1-3-27-17-5-4-13(8-15(17)18(25)26)16-6-7-20-19(24-16)23-11-14-10-21-12(2)9-22-14/h4-10H,3,11H2,1-2H3,(H,25,26)(H,20,23,24). The molecule has 0 fully saturated rings. The van der Waals surface area contributed by atoms with Crippen LogP contribution in [0.25, 0.3) is 11.3 Å². The predicted octanol–water partition coefficient (Wildman–Crippen LogP) is 2.95. The van der Waals surface area contributed by atoms with Gasteiger partial charge in [-0.15, -0.1) is 0 Å². The van der Waals surface area contributed by atoms with Crippen molar-refractivity contribution in [3.8, 4) is 17.0 Å². The summed E-state index contributed by atoms with van der Waals surface area (Å²) in [6.07, 6.45) is 5.00. The Balaban J connectivity index is 1.81. The number of aryl methyl sites for hydroxylation is 1. The molecule has 0 aliphatic rings. The van der Waals surface area contributed by atoms with Crippen LogP contribution in [0.3, 0.4) is 0 Å². The minimum Gasteiger partial charge on any atom is -0.493 e. The third-order valence-corrected chi connectivity index (χ3v) is 3.72. The highest BCUT2D eigenvalue weighted by molar-refractivity contribution is 5.92. The molecule has 0 saturated carbocycles. The first-order chi connectivity index (χ1) is 13.1. The molecular formula is C19H19N5O3. The molecule has 2 aromatic heterocycles. The van der Waals surface area contributed by atoms with Gasteiger partial charge in [0.25, 0.3) is 0 Å². The Morgan fingerprint density at radius 3 is 2.74 bits per heavy atom. The summed E-state index contributed by atoms with van der Waals surface area (Å²) in [7, 11) is 0. The van der Waals surface area contributed by atoms with Crippen LogP contribution in [0.1, 0.15) is 28.7 Å². The minimum absolute atomic E-state index is 0.0948. The van der Waals surface area contributed by atoms with E-state index in [2.05, 4.69) is 25.3 Å². The third kappa shape index (κ3) is 4.55. The van der Waals surface area contributed by atoms with Gasteiger partial charge in [0.05, 0.1) is 36.4 Å². The molecule has 1 aromatic carbocycles. The average molecular weight is 365 g/mol. The number of carboxylic acids is 1. The normalized spacial score (nSPS) is 10.4. The second-order valence-corrected chi connectivity index (χ2v) is 5.72. The van der Waals surface area contributed by atoms with Gasteiger partial charge in [-0.2, -0.15) is 0 Å². The smallest absolute Gasteiger partial charge is 0.339 e. The summed E-state index contributed by atoms with van der Waals surface area (Å²) in [4.78, 5) is 28.6. The van der Waals surface area contributed by atoms with Crippen molar-refractivity contribution in [3.63, 3.8) is 0 Å². The van der Waals surface area contributed by atoms with Crippen LogP contribution in [0.4, 0.5) is 5.95 Å². The Hall–Kier alpha value is -3.55. The highest BCUT2D eigenvalue weighted by Crippen LogP contribution is 2.26. The van der Waals surface area contributed by atoms with Crippen molar-refractivity contribution in [1.29, 1.82) is 0 Å². The van der Waals surface area contributed by atoms with E-state index in [0.717, 1.165) is 11.4 Å². The summed E-state index contributed by atoms with van der Waals surface area (Å²) in [6, 6.07) is 6.68. The van der Waals surface area contributed by atoms with Crippen LogP contribution in [0.15, 0.2) is 42.9 Å². The average Bonchev–Trinajstić information content (AvgIpc) is 2.68. The summed E-state index contributed by atoms with van der Waals surface area (Å²) >= 11 is 0. The van der Waals surface area contributed by atoms with E-state index >= 15 is 0 Å². The summed E-state index contributed by atoms with van der Waals surface area (Å²) in [6.45, 7) is 4.50. The van der Waals surface area contributed by atoms with Crippen LogP contribution in [0.2, 0.25) is 0 Å². The number of aromatic nitrogens is 4. The van der Waals surface area contributed by atoms with Crippen molar-refractivity contribution >= 4 is 11.9 Å². The molecule has 0 atom stereocenters. The lowest BCUT2D eigenvalue weighted by Gasteiger charge is -2.10. The Morgan fingerprint density at radius 1 is 1.19 bits per heavy atom. The van der Waals surface area contributed by atoms with Gasteiger partial charge in [-0.05, 0) is 38.1 Å². The number of carbonyl (C=O) groups is 1. The number of carboxylic acid groups (broad SMARTS) is 1. The lowest BCUT2D eigenvalue weighted by Crippen LogP contribution is -2.06. The van der Waals surface area contributed by atoms with Gasteiger partial charge in [0.2, 0.25) is 5.95 Å². The van der Waals surface area contributed by atoms with E-state index in [1.807, 2.05) is 6.92 Å². The predicted molar refractivity (Wildman–Crippen MR) is 99.7 cm³/mol. The minimum atomic E-state index is -1.05. The molecule has 8 nitrogen and oxygen atoms in total. The zero-order valence-electron chi connectivity index (χ0n) is 15.0. The molecule has 0 saturated heterocycles. The molecule has 27 heavy (non-hydrogen) atoms. The summed E-state index contributed by atoms with van der Waals surface area (Å²) in [5.74, 6) is -0.301. The van der Waals surface area contributed by atoms with Gasteiger partial charge in [0, 0.05) is 18.0 Å². The molecule has 0 aliphatic heterocycles. The number of anilines is 1. The molecule has 138 valence electrons. The number of rotatable bonds is 7. The first kappa shape index (κ1) is 18.2. The summed E-state index contributed by atoms with van der Waals surface area (Å²) in [5, 5.41) is 12.5. The third-order valence-electron chi connectivity index (χ3n) is 3.72. The first-order valence-electron chi connectivity index (χ1n) is 8.41. The lowest BCUT2D eigenvalue weighted by atomic mass is 10.1. The number of ether oxygens (including phenoxy) is 1. The molecule has 2 N–H and O–H groups in total. The number of hydrogen-bond donors (Lipinski definition) is 2. The maximum atomic E-state index is 11.5. The first-order valence-corrected chi connectivity index (χ1v) is 8.41. The van der Waals surface area contributed by atoms with E-state index in [1.54, 1.807) is 49.8 Å². The fraction of sp³-hybridized carbons (Fsp3) is 0.211. The highest BCUT2D eigenvalue weighted by Gasteiger charge is 2.14. The zero-order valence-corrected chi connectivity index (χ0v) is 15.0. The van der Waals surface area contributed by atoms with Gasteiger partial charge in [0.1, 0.15) is 11.3 Å². The Morgan fingerprint density at radius 2 is 2.04 bits per heavy atom. The topological polar surface area (TPSA) is 110 Å². The monoisotopic (exact) mass is 365 g/mol. The number of hydrogen-bond acceptors (Lipinski definition) is 7. The fourth-order valence-corrected chi connectivity index (χ4v) is 2.42. The molecular weight excluding hydrogens is 346 g/mol. The molecule has 3 rings (SSSR count). The Labute approximate surface area is 156 Å². The van der Waals surface area contributed by atoms with Crippen LogP contribution in [0, 0.1) is 6.92 Å². The van der Waals surface area contributed by atoms with Crippen molar-refractivity contribution in [2.75, 3.05) is 11.9 Å². The molecule has 0 bridgehead atoms. The second kappa shape index (κ2) is 8.22. The summed E-state index contributed by atoms with van der Waals surface area (Å²) < 4.78 is 5.37.